The molecular formula is C16H19NOS. The molecule has 2 aromatic carbocycles. The van der Waals surface area contributed by atoms with Crippen LogP contribution >= 0.6 is 11.8 Å². The second-order valence-electron chi connectivity index (χ2n) is 4.27. The van der Waals surface area contributed by atoms with Gasteiger partial charge in [0.25, 0.3) is 0 Å². The zero-order valence-corrected chi connectivity index (χ0v) is 12.0. The maximum absolute atomic E-state index is 4.82. The summed E-state index contributed by atoms with van der Waals surface area (Å²) < 4.78 is 0. The van der Waals surface area contributed by atoms with E-state index < -0.39 is 0 Å². The van der Waals surface area contributed by atoms with E-state index in [1.165, 1.54) is 16.0 Å². The predicted octanol–water partition coefficient (Wildman–Crippen LogP) is 3.67. The molecule has 0 atom stereocenters. The Balaban J connectivity index is 1.81. The molecule has 0 aliphatic carbocycles. The van der Waals surface area contributed by atoms with Crippen molar-refractivity contribution in [1.29, 1.82) is 0 Å². The monoisotopic (exact) mass is 273 g/mol. The van der Waals surface area contributed by atoms with E-state index in [0.29, 0.717) is 0 Å². The molecule has 0 saturated heterocycles. The highest BCUT2D eigenvalue weighted by Gasteiger charge is 1.97. The van der Waals surface area contributed by atoms with Crippen LogP contribution in [0, 0.1) is 0 Å². The molecule has 0 radical (unpaired) electrons. The van der Waals surface area contributed by atoms with Gasteiger partial charge < -0.3 is 4.84 Å². The van der Waals surface area contributed by atoms with Crippen LogP contribution in [0.5, 0.6) is 0 Å². The molecule has 0 amide bonds. The summed E-state index contributed by atoms with van der Waals surface area (Å²) in [4.78, 5) is 6.14. The van der Waals surface area contributed by atoms with E-state index in [-0.39, 0.29) is 0 Å². The summed E-state index contributed by atoms with van der Waals surface area (Å²) in [5.74, 6) is 1.01. The van der Waals surface area contributed by atoms with Crippen molar-refractivity contribution in [3.8, 4) is 0 Å². The van der Waals surface area contributed by atoms with Gasteiger partial charge in [0, 0.05) is 17.2 Å². The summed E-state index contributed by atoms with van der Waals surface area (Å²) in [7, 11) is 1.64. The van der Waals surface area contributed by atoms with Crippen LogP contribution in [0.3, 0.4) is 0 Å². The summed E-state index contributed by atoms with van der Waals surface area (Å²) in [6.45, 7) is 0.842. The number of hydroxylamine groups is 1. The number of rotatable bonds is 7. The smallest absolute Gasteiger partial charge is 0.0572 e. The van der Waals surface area contributed by atoms with Crippen LogP contribution in [0.4, 0.5) is 0 Å². The van der Waals surface area contributed by atoms with Gasteiger partial charge in [-0.1, -0.05) is 42.5 Å². The van der Waals surface area contributed by atoms with Gasteiger partial charge in [-0.05, 0) is 29.7 Å². The standard InChI is InChI=1S/C16H19NOS/c1-18-17-12-11-14-7-9-15(10-8-14)13-19-16-5-3-2-4-6-16/h2-10,17H,11-13H2,1H3. The molecule has 3 heteroatoms. The van der Waals surface area contributed by atoms with Crippen molar-refractivity contribution in [3.63, 3.8) is 0 Å². The van der Waals surface area contributed by atoms with Gasteiger partial charge in [-0.25, -0.2) is 5.48 Å². The van der Waals surface area contributed by atoms with Gasteiger partial charge in [0.05, 0.1) is 7.11 Å². The fourth-order valence-corrected chi connectivity index (χ4v) is 2.66. The Kier molecular flexibility index (Phi) is 5.95. The van der Waals surface area contributed by atoms with Crippen molar-refractivity contribution in [1.82, 2.24) is 5.48 Å². The minimum atomic E-state index is 0.842. The molecule has 1 N–H and O–H groups in total. The summed E-state index contributed by atoms with van der Waals surface area (Å²) in [5, 5.41) is 0. The number of benzene rings is 2. The van der Waals surface area contributed by atoms with Crippen LogP contribution in [0.2, 0.25) is 0 Å². The number of hydrogen-bond acceptors (Lipinski definition) is 3. The lowest BCUT2D eigenvalue weighted by molar-refractivity contribution is 0.0928. The van der Waals surface area contributed by atoms with Crippen molar-refractivity contribution in [2.45, 2.75) is 17.1 Å². The van der Waals surface area contributed by atoms with Crippen molar-refractivity contribution in [2.24, 2.45) is 0 Å². The Bertz CT molecular complexity index is 470. The third kappa shape index (κ3) is 5.07. The molecule has 0 unspecified atom stereocenters. The van der Waals surface area contributed by atoms with Crippen LogP contribution in [-0.4, -0.2) is 13.7 Å². The van der Waals surface area contributed by atoms with E-state index in [1.54, 1.807) is 7.11 Å². The Morgan fingerprint density at radius 1 is 0.947 bits per heavy atom. The van der Waals surface area contributed by atoms with Crippen molar-refractivity contribution >= 4 is 11.8 Å². The van der Waals surface area contributed by atoms with Gasteiger partial charge >= 0.3 is 0 Å². The third-order valence-corrected chi connectivity index (χ3v) is 3.91. The first-order valence-corrected chi connectivity index (χ1v) is 7.38. The second kappa shape index (κ2) is 8.00. The minimum absolute atomic E-state index is 0.842. The molecule has 19 heavy (non-hydrogen) atoms. The van der Waals surface area contributed by atoms with Gasteiger partial charge in [0.1, 0.15) is 0 Å². The van der Waals surface area contributed by atoms with Crippen LogP contribution in [0.25, 0.3) is 0 Å². The van der Waals surface area contributed by atoms with Gasteiger partial charge in [-0.2, -0.15) is 0 Å². The molecule has 0 aliphatic rings. The molecule has 0 aromatic heterocycles. The molecule has 0 fully saturated rings. The Morgan fingerprint density at radius 3 is 2.32 bits per heavy atom. The van der Waals surface area contributed by atoms with Gasteiger partial charge in [-0.3, -0.25) is 0 Å². The zero-order chi connectivity index (χ0) is 13.3. The highest BCUT2D eigenvalue weighted by Crippen LogP contribution is 2.22. The predicted molar refractivity (Wildman–Crippen MR) is 81.2 cm³/mol. The molecule has 0 aliphatic heterocycles. The molecule has 2 rings (SSSR count). The summed E-state index contributed by atoms with van der Waals surface area (Å²) in [5.41, 5.74) is 5.54. The van der Waals surface area contributed by atoms with Gasteiger partial charge in [-0.15, -0.1) is 11.8 Å². The lowest BCUT2D eigenvalue weighted by Gasteiger charge is -2.05. The normalized spacial score (nSPS) is 10.6. The number of thioether (sulfide) groups is 1. The second-order valence-corrected chi connectivity index (χ2v) is 5.32. The molecule has 2 nitrogen and oxygen atoms in total. The van der Waals surface area contributed by atoms with Gasteiger partial charge in [0.15, 0.2) is 0 Å². The fourth-order valence-electron chi connectivity index (χ4n) is 1.78. The molecule has 0 heterocycles. The largest absolute Gasteiger partial charge is 0.305 e. The van der Waals surface area contributed by atoms with Crippen molar-refractivity contribution < 1.29 is 4.84 Å². The molecular weight excluding hydrogens is 254 g/mol. The SMILES string of the molecule is CONCCc1ccc(CSc2ccccc2)cc1. The number of hydrogen-bond donors (Lipinski definition) is 1. The summed E-state index contributed by atoms with van der Waals surface area (Å²) in [6, 6.07) is 19.3. The lowest BCUT2D eigenvalue weighted by atomic mass is 10.1. The Morgan fingerprint density at radius 2 is 1.63 bits per heavy atom. The van der Waals surface area contributed by atoms with E-state index in [1.807, 2.05) is 17.8 Å². The summed E-state index contributed by atoms with van der Waals surface area (Å²) in [6.07, 6.45) is 0.986. The average Bonchev–Trinajstić information content (AvgIpc) is 2.48. The molecule has 0 spiro atoms. The van der Waals surface area contributed by atoms with Gasteiger partial charge in [0.2, 0.25) is 0 Å². The average molecular weight is 273 g/mol. The van der Waals surface area contributed by atoms with Crippen molar-refractivity contribution in [2.75, 3.05) is 13.7 Å². The maximum Gasteiger partial charge on any atom is 0.0572 e. The van der Waals surface area contributed by atoms with E-state index in [2.05, 4.69) is 54.0 Å². The Labute approximate surface area is 119 Å². The van der Waals surface area contributed by atoms with E-state index in [9.17, 15) is 0 Å². The van der Waals surface area contributed by atoms with Crippen molar-refractivity contribution in [3.05, 3.63) is 65.7 Å². The first-order valence-electron chi connectivity index (χ1n) is 6.40. The molecule has 0 saturated carbocycles. The topological polar surface area (TPSA) is 21.3 Å². The quantitative estimate of drug-likeness (QED) is 0.472. The minimum Gasteiger partial charge on any atom is -0.305 e. The van der Waals surface area contributed by atoms with E-state index >= 15 is 0 Å². The Hall–Kier alpha value is -1.29. The molecule has 0 bridgehead atoms. The van der Waals surface area contributed by atoms with E-state index in [0.717, 1.165) is 18.7 Å². The highest BCUT2D eigenvalue weighted by molar-refractivity contribution is 7.98. The summed E-state index contributed by atoms with van der Waals surface area (Å²) >= 11 is 1.87. The van der Waals surface area contributed by atoms with E-state index in [4.69, 9.17) is 4.84 Å². The molecule has 2 aromatic rings. The zero-order valence-electron chi connectivity index (χ0n) is 11.1. The first kappa shape index (κ1) is 14.1. The highest BCUT2D eigenvalue weighted by atomic mass is 32.2. The van der Waals surface area contributed by atoms with Crippen LogP contribution in [0.15, 0.2) is 59.5 Å². The lowest BCUT2D eigenvalue weighted by Crippen LogP contribution is -2.15. The number of nitrogens with one attached hydrogen (secondary N) is 1. The van der Waals surface area contributed by atoms with Crippen LogP contribution < -0.4 is 5.48 Å². The van der Waals surface area contributed by atoms with Crippen LogP contribution in [0.1, 0.15) is 11.1 Å². The van der Waals surface area contributed by atoms with Crippen LogP contribution in [-0.2, 0) is 17.0 Å². The maximum atomic E-state index is 4.82. The third-order valence-electron chi connectivity index (χ3n) is 2.83. The molecule has 100 valence electrons. The fraction of sp³-hybridized carbons (Fsp3) is 0.250. The first-order chi connectivity index (χ1) is 9.38.